The molecule has 0 spiro atoms. The fraction of sp³-hybridized carbons (Fsp3) is 0.579. The van der Waals surface area contributed by atoms with E-state index >= 15 is 0 Å². The highest BCUT2D eigenvalue weighted by molar-refractivity contribution is 7.10. The van der Waals surface area contributed by atoms with Crippen molar-refractivity contribution in [2.24, 2.45) is 0 Å². The molecule has 26 heavy (non-hydrogen) atoms. The lowest BCUT2D eigenvalue weighted by Gasteiger charge is -2.37. The topological polar surface area (TPSA) is 61.6 Å². The fourth-order valence-corrected chi connectivity index (χ4v) is 4.22. The van der Waals surface area contributed by atoms with E-state index in [2.05, 4.69) is 44.8 Å². The molecule has 3 heterocycles. The van der Waals surface area contributed by atoms with Crippen molar-refractivity contribution in [2.75, 3.05) is 39.8 Å². The number of carbonyl (C=O) groups is 1. The second-order valence-electron chi connectivity index (χ2n) is 7.24. The predicted octanol–water partition coefficient (Wildman–Crippen LogP) is 2.89. The third kappa shape index (κ3) is 4.16. The molecule has 1 unspecified atom stereocenters. The van der Waals surface area contributed by atoms with E-state index in [1.807, 2.05) is 20.8 Å². The maximum Gasteiger partial charge on any atom is 0.256 e. The summed E-state index contributed by atoms with van der Waals surface area (Å²) >= 11 is 1.75. The van der Waals surface area contributed by atoms with Gasteiger partial charge in [0.1, 0.15) is 5.56 Å². The number of hydrogen-bond donors (Lipinski definition) is 1. The van der Waals surface area contributed by atoms with Crippen LogP contribution in [0, 0.1) is 6.92 Å². The molecule has 7 heteroatoms. The van der Waals surface area contributed by atoms with Crippen LogP contribution in [0.3, 0.4) is 0 Å². The molecule has 1 amide bonds. The maximum absolute atomic E-state index is 12.8. The van der Waals surface area contributed by atoms with E-state index in [1.165, 1.54) is 4.88 Å². The molecule has 1 aliphatic heterocycles. The summed E-state index contributed by atoms with van der Waals surface area (Å²) in [5.74, 6) is 0.693. The molecule has 6 nitrogen and oxygen atoms in total. The molecule has 2 aromatic rings. The zero-order chi connectivity index (χ0) is 18.7. The number of aromatic nitrogens is 1. The Morgan fingerprint density at radius 3 is 2.69 bits per heavy atom. The van der Waals surface area contributed by atoms with Crippen LogP contribution in [0.25, 0.3) is 0 Å². The molecular weight excluding hydrogens is 348 g/mol. The fourth-order valence-electron chi connectivity index (χ4n) is 3.36. The van der Waals surface area contributed by atoms with Gasteiger partial charge in [-0.05, 0) is 25.4 Å². The molecule has 1 aliphatic rings. The Bertz CT molecular complexity index is 718. The molecule has 1 fully saturated rings. The third-order valence-corrected chi connectivity index (χ3v) is 5.92. The first kappa shape index (κ1) is 19.1. The first-order valence-corrected chi connectivity index (χ1v) is 10.1. The van der Waals surface area contributed by atoms with Crippen molar-refractivity contribution in [3.05, 3.63) is 39.4 Å². The number of rotatable bonds is 6. The van der Waals surface area contributed by atoms with Crippen LogP contribution < -0.4 is 5.32 Å². The number of likely N-dealkylation sites (N-methyl/N-ethyl adjacent to an activating group) is 1. The highest BCUT2D eigenvalue weighted by Gasteiger charge is 2.27. The van der Waals surface area contributed by atoms with Gasteiger partial charge in [0, 0.05) is 43.5 Å². The van der Waals surface area contributed by atoms with Gasteiger partial charge in [0.25, 0.3) is 5.91 Å². The van der Waals surface area contributed by atoms with Crippen molar-refractivity contribution in [3.63, 3.8) is 0 Å². The molecule has 0 saturated carbocycles. The quantitative estimate of drug-likeness (QED) is 0.840. The zero-order valence-corrected chi connectivity index (χ0v) is 16.8. The lowest BCUT2D eigenvalue weighted by Crippen LogP contribution is -2.48. The largest absolute Gasteiger partial charge is 0.360 e. The average Bonchev–Trinajstić information content (AvgIpc) is 3.26. The van der Waals surface area contributed by atoms with E-state index in [0.717, 1.165) is 26.2 Å². The summed E-state index contributed by atoms with van der Waals surface area (Å²) in [6.45, 7) is 10.6. The van der Waals surface area contributed by atoms with E-state index in [9.17, 15) is 4.79 Å². The summed E-state index contributed by atoms with van der Waals surface area (Å²) in [5.41, 5.74) is 1.24. The molecule has 1 atom stereocenters. The normalized spacial score (nSPS) is 17.6. The Kier molecular flexibility index (Phi) is 6.11. The summed E-state index contributed by atoms with van der Waals surface area (Å²) in [6, 6.07) is 4.44. The van der Waals surface area contributed by atoms with Crippen LogP contribution in [-0.2, 0) is 0 Å². The van der Waals surface area contributed by atoms with E-state index in [-0.39, 0.29) is 17.9 Å². The molecule has 3 rings (SSSR count). The average molecular weight is 377 g/mol. The standard InChI is InChI=1S/C19H28N4O2S/c1-13(2)18-17(14(3)21-25-18)19(24)20-12-15(16-6-5-11-26-16)23-9-7-22(4)8-10-23/h5-6,11,13,15H,7-10,12H2,1-4H3,(H,20,24). The van der Waals surface area contributed by atoms with Crippen molar-refractivity contribution < 1.29 is 9.32 Å². The Labute approximate surface area is 159 Å². The van der Waals surface area contributed by atoms with Gasteiger partial charge in [-0.15, -0.1) is 11.3 Å². The first-order valence-electron chi connectivity index (χ1n) is 9.17. The Morgan fingerprint density at radius 2 is 2.08 bits per heavy atom. The monoisotopic (exact) mass is 376 g/mol. The van der Waals surface area contributed by atoms with Crippen LogP contribution in [0.4, 0.5) is 0 Å². The number of amides is 1. The van der Waals surface area contributed by atoms with Crippen molar-refractivity contribution in [2.45, 2.75) is 32.7 Å². The van der Waals surface area contributed by atoms with Crippen molar-refractivity contribution in [1.29, 1.82) is 0 Å². The maximum atomic E-state index is 12.8. The van der Waals surface area contributed by atoms with Crippen molar-refractivity contribution in [1.82, 2.24) is 20.3 Å². The number of thiophene rings is 1. The smallest absolute Gasteiger partial charge is 0.256 e. The minimum Gasteiger partial charge on any atom is -0.360 e. The number of aryl methyl sites for hydroxylation is 1. The van der Waals surface area contributed by atoms with Crippen LogP contribution in [0.1, 0.15) is 52.5 Å². The predicted molar refractivity (Wildman–Crippen MR) is 104 cm³/mol. The van der Waals surface area contributed by atoms with Gasteiger partial charge in [0.2, 0.25) is 0 Å². The summed E-state index contributed by atoms with van der Waals surface area (Å²) in [7, 11) is 2.15. The molecular formula is C19H28N4O2S. The second kappa shape index (κ2) is 8.33. The van der Waals surface area contributed by atoms with Gasteiger partial charge in [-0.3, -0.25) is 9.69 Å². The number of piperazine rings is 1. The highest BCUT2D eigenvalue weighted by Crippen LogP contribution is 2.26. The van der Waals surface area contributed by atoms with Gasteiger partial charge in [0.05, 0.1) is 11.7 Å². The van der Waals surface area contributed by atoms with Crippen LogP contribution in [-0.4, -0.2) is 60.6 Å². The number of hydrogen-bond acceptors (Lipinski definition) is 6. The van der Waals surface area contributed by atoms with Crippen LogP contribution >= 0.6 is 11.3 Å². The number of carbonyl (C=O) groups excluding carboxylic acids is 1. The van der Waals surface area contributed by atoms with Crippen molar-refractivity contribution in [3.8, 4) is 0 Å². The highest BCUT2D eigenvalue weighted by atomic mass is 32.1. The minimum absolute atomic E-state index is 0.0943. The number of nitrogens with one attached hydrogen (secondary N) is 1. The van der Waals surface area contributed by atoms with Gasteiger partial charge in [-0.25, -0.2) is 0 Å². The molecule has 0 bridgehead atoms. The zero-order valence-electron chi connectivity index (χ0n) is 16.0. The van der Waals surface area contributed by atoms with Gasteiger partial charge in [-0.1, -0.05) is 25.1 Å². The molecule has 1 N–H and O–H groups in total. The summed E-state index contributed by atoms with van der Waals surface area (Å²) < 4.78 is 5.36. The van der Waals surface area contributed by atoms with Crippen LogP contribution in [0.15, 0.2) is 22.0 Å². The lowest BCUT2D eigenvalue weighted by molar-refractivity contribution is 0.0887. The molecule has 0 radical (unpaired) electrons. The van der Waals surface area contributed by atoms with Gasteiger partial charge < -0.3 is 14.7 Å². The van der Waals surface area contributed by atoms with E-state index in [4.69, 9.17) is 4.52 Å². The Hall–Kier alpha value is -1.70. The van der Waals surface area contributed by atoms with E-state index in [0.29, 0.717) is 23.6 Å². The first-order chi connectivity index (χ1) is 12.5. The lowest BCUT2D eigenvalue weighted by atomic mass is 10.0. The van der Waals surface area contributed by atoms with Crippen LogP contribution in [0.2, 0.25) is 0 Å². The molecule has 1 saturated heterocycles. The Morgan fingerprint density at radius 1 is 1.35 bits per heavy atom. The van der Waals surface area contributed by atoms with Gasteiger partial charge in [0.15, 0.2) is 5.76 Å². The summed E-state index contributed by atoms with van der Waals surface area (Å²) in [6.07, 6.45) is 0. The molecule has 142 valence electrons. The molecule has 0 aliphatic carbocycles. The molecule has 0 aromatic carbocycles. The SMILES string of the molecule is Cc1noc(C(C)C)c1C(=O)NCC(c1cccs1)N1CCN(C)CC1. The Balaban J connectivity index is 1.72. The summed E-state index contributed by atoms with van der Waals surface area (Å²) in [5, 5.41) is 9.21. The van der Waals surface area contributed by atoms with E-state index in [1.54, 1.807) is 11.3 Å². The number of nitrogens with zero attached hydrogens (tertiary/aromatic N) is 3. The second-order valence-corrected chi connectivity index (χ2v) is 8.22. The van der Waals surface area contributed by atoms with E-state index < -0.39 is 0 Å². The minimum atomic E-state index is -0.0943. The molecule has 2 aromatic heterocycles. The van der Waals surface area contributed by atoms with Gasteiger partial charge >= 0.3 is 0 Å². The third-order valence-electron chi connectivity index (χ3n) is 4.95. The van der Waals surface area contributed by atoms with Crippen LogP contribution in [0.5, 0.6) is 0 Å². The van der Waals surface area contributed by atoms with Crippen molar-refractivity contribution >= 4 is 17.2 Å². The van der Waals surface area contributed by atoms with Gasteiger partial charge in [-0.2, -0.15) is 0 Å². The summed E-state index contributed by atoms with van der Waals surface area (Å²) in [4.78, 5) is 18.9.